The van der Waals surface area contributed by atoms with Gasteiger partial charge in [0.2, 0.25) is 0 Å². The van der Waals surface area contributed by atoms with Crippen LogP contribution in [0, 0.1) is 5.92 Å². The van der Waals surface area contributed by atoms with Crippen molar-refractivity contribution < 1.29 is 0 Å². The second kappa shape index (κ2) is 4.55. The molecule has 0 spiro atoms. The summed E-state index contributed by atoms with van der Waals surface area (Å²) in [6.07, 6.45) is 2.81. The summed E-state index contributed by atoms with van der Waals surface area (Å²) in [6.45, 7) is 8.50. The molecule has 0 aliphatic rings. The molecule has 4 nitrogen and oxygen atoms in total. The van der Waals surface area contributed by atoms with Crippen molar-refractivity contribution in [2.75, 3.05) is 0 Å². The normalized spacial score (nSPS) is 15.9. The summed E-state index contributed by atoms with van der Waals surface area (Å²) < 4.78 is 2.04. The summed E-state index contributed by atoms with van der Waals surface area (Å²) in [5, 5.41) is 8.01. The van der Waals surface area contributed by atoms with E-state index in [-0.39, 0.29) is 6.04 Å². The fraction of sp³-hybridized carbons (Fsp3) is 0.800. The maximum Gasteiger partial charge on any atom is 0.150 e. The summed E-state index contributed by atoms with van der Waals surface area (Å²) >= 11 is 0. The van der Waals surface area contributed by atoms with Crippen LogP contribution in [0.5, 0.6) is 0 Å². The first-order chi connectivity index (χ1) is 6.57. The van der Waals surface area contributed by atoms with Crippen LogP contribution < -0.4 is 5.73 Å². The molecule has 2 N–H and O–H groups in total. The van der Waals surface area contributed by atoms with Gasteiger partial charge < -0.3 is 10.3 Å². The van der Waals surface area contributed by atoms with Crippen molar-refractivity contribution in [2.24, 2.45) is 11.7 Å². The van der Waals surface area contributed by atoms with Gasteiger partial charge in [0.15, 0.2) is 0 Å². The first kappa shape index (κ1) is 11.2. The molecular weight excluding hydrogens is 176 g/mol. The van der Waals surface area contributed by atoms with E-state index in [1.807, 2.05) is 4.57 Å². The highest BCUT2D eigenvalue weighted by atomic mass is 15.3. The molecule has 0 aliphatic carbocycles. The third-order valence-electron chi connectivity index (χ3n) is 2.71. The molecule has 0 fully saturated rings. The Morgan fingerprint density at radius 1 is 1.43 bits per heavy atom. The highest BCUT2D eigenvalue weighted by Gasteiger charge is 2.19. The number of nitrogens with two attached hydrogens (primary N) is 1. The summed E-state index contributed by atoms with van der Waals surface area (Å²) in [6, 6.07) is 0.361. The molecule has 1 aromatic rings. The molecule has 4 heteroatoms. The van der Waals surface area contributed by atoms with Crippen LogP contribution in [0.3, 0.4) is 0 Å². The summed E-state index contributed by atoms with van der Waals surface area (Å²) in [4.78, 5) is 0. The van der Waals surface area contributed by atoms with E-state index in [0.717, 1.165) is 12.2 Å². The molecule has 0 amide bonds. The summed E-state index contributed by atoms with van der Waals surface area (Å²) in [5.41, 5.74) is 6.11. The van der Waals surface area contributed by atoms with Crippen molar-refractivity contribution in [3.8, 4) is 0 Å². The van der Waals surface area contributed by atoms with Crippen molar-refractivity contribution in [3.05, 3.63) is 12.2 Å². The molecule has 0 aromatic carbocycles. The largest absolute Gasteiger partial charge is 0.321 e. The molecule has 0 bridgehead atoms. The van der Waals surface area contributed by atoms with Crippen LogP contribution in [0.2, 0.25) is 0 Å². The molecule has 0 aliphatic heterocycles. The quantitative estimate of drug-likeness (QED) is 0.800. The predicted octanol–water partition coefficient (Wildman–Crippen LogP) is 1.90. The minimum atomic E-state index is -0.00935. The molecule has 14 heavy (non-hydrogen) atoms. The predicted molar refractivity (Wildman–Crippen MR) is 56.8 cm³/mol. The van der Waals surface area contributed by atoms with Gasteiger partial charge >= 0.3 is 0 Å². The molecule has 0 saturated carbocycles. The van der Waals surface area contributed by atoms with E-state index in [0.29, 0.717) is 12.0 Å². The lowest BCUT2D eigenvalue weighted by Gasteiger charge is -2.19. The zero-order valence-corrected chi connectivity index (χ0v) is 9.44. The maximum atomic E-state index is 6.11. The second-order valence-electron chi connectivity index (χ2n) is 4.10. The van der Waals surface area contributed by atoms with E-state index < -0.39 is 0 Å². The fourth-order valence-electron chi connectivity index (χ4n) is 1.40. The van der Waals surface area contributed by atoms with E-state index in [2.05, 4.69) is 37.9 Å². The van der Waals surface area contributed by atoms with Crippen LogP contribution in [0.25, 0.3) is 0 Å². The van der Waals surface area contributed by atoms with E-state index >= 15 is 0 Å². The number of rotatable bonds is 4. The monoisotopic (exact) mass is 196 g/mol. The Labute approximate surface area is 85.5 Å². The van der Waals surface area contributed by atoms with Crippen molar-refractivity contribution in [3.63, 3.8) is 0 Å². The number of hydrogen-bond donors (Lipinski definition) is 1. The molecular formula is C10H20N4. The molecule has 1 aromatic heterocycles. The molecule has 80 valence electrons. The lowest BCUT2D eigenvalue weighted by molar-refractivity contribution is 0.412. The van der Waals surface area contributed by atoms with Crippen LogP contribution in [0.4, 0.5) is 0 Å². The van der Waals surface area contributed by atoms with Crippen molar-refractivity contribution in [1.29, 1.82) is 0 Å². The molecule has 1 rings (SSSR count). The zero-order chi connectivity index (χ0) is 10.7. The van der Waals surface area contributed by atoms with Gasteiger partial charge in [-0.15, -0.1) is 10.2 Å². The first-order valence-electron chi connectivity index (χ1n) is 5.22. The van der Waals surface area contributed by atoms with Crippen LogP contribution in [-0.2, 0) is 0 Å². The first-order valence-corrected chi connectivity index (χ1v) is 5.22. The standard InChI is InChI=1S/C10H20N4/c1-5-8(4)9(11)10-13-12-6-14(10)7(2)3/h6-9H,5,11H2,1-4H3. The highest BCUT2D eigenvalue weighted by molar-refractivity contribution is 4.96. The maximum absolute atomic E-state index is 6.11. The van der Waals surface area contributed by atoms with Crippen molar-refractivity contribution in [2.45, 2.75) is 46.2 Å². The van der Waals surface area contributed by atoms with Gasteiger partial charge in [0.1, 0.15) is 12.2 Å². The third kappa shape index (κ3) is 2.12. The average molecular weight is 196 g/mol. The topological polar surface area (TPSA) is 56.7 Å². The van der Waals surface area contributed by atoms with Crippen molar-refractivity contribution in [1.82, 2.24) is 14.8 Å². The summed E-state index contributed by atoms with van der Waals surface area (Å²) in [7, 11) is 0. The lowest BCUT2D eigenvalue weighted by atomic mass is 9.99. The van der Waals surface area contributed by atoms with Gasteiger partial charge in [0, 0.05) is 6.04 Å². The number of hydrogen-bond acceptors (Lipinski definition) is 3. The average Bonchev–Trinajstić information content (AvgIpc) is 2.63. The minimum absolute atomic E-state index is 0.00935. The van der Waals surface area contributed by atoms with E-state index in [1.165, 1.54) is 0 Å². The van der Waals surface area contributed by atoms with Crippen LogP contribution >= 0.6 is 0 Å². The fourth-order valence-corrected chi connectivity index (χ4v) is 1.40. The third-order valence-corrected chi connectivity index (χ3v) is 2.71. The molecule has 0 saturated heterocycles. The van der Waals surface area contributed by atoms with E-state index in [4.69, 9.17) is 5.73 Å². The van der Waals surface area contributed by atoms with E-state index in [1.54, 1.807) is 6.33 Å². The Morgan fingerprint density at radius 3 is 2.57 bits per heavy atom. The number of aromatic nitrogens is 3. The molecule has 2 unspecified atom stereocenters. The van der Waals surface area contributed by atoms with Gasteiger partial charge in [-0.3, -0.25) is 0 Å². The molecule has 1 heterocycles. The van der Waals surface area contributed by atoms with Gasteiger partial charge in [-0.1, -0.05) is 20.3 Å². The van der Waals surface area contributed by atoms with Gasteiger partial charge in [-0.05, 0) is 19.8 Å². The Balaban J connectivity index is 2.89. The number of nitrogens with zero attached hydrogens (tertiary/aromatic N) is 3. The smallest absolute Gasteiger partial charge is 0.150 e. The minimum Gasteiger partial charge on any atom is -0.321 e. The van der Waals surface area contributed by atoms with Gasteiger partial charge in [-0.25, -0.2) is 0 Å². The Kier molecular flexibility index (Phi) is 3.63. The van der Waals surface area contributed by atoms with Crippen LogP contribution in [0.15, 0.2) is 6.33 Å². The lowest BCUT2D eigenvalue weighted by Crippen LogP contribution is -2.23. The SMILES string of the molecule is CCC(C)C(N)c1nncn1C(C)C. The van der Waals surface area contributed by atoms with Gasteiger partial charge in [0.05, 0.1) is 6.04 Å². The van der Waals surface area contributed by atoms with Crippen molar-refractivity contribution >= 4 is 0 Å². The Hall–Kier alpha value is -0.900. The molecule has 0 radical (unpaired) electrons. The Morgan fingerprint density at radius 2 is 2.07 bits per heavy atom. The second-order valence-corrected chi connectivity index (χ2v) is 4.10. The van der Waals surface area contributed by atoms with E-state index in [9.17, 15) is 0 Å². The van der Waals surface area contributed by atoms with Crippen LogP contribution in [0.1, 0.15) is 52.0 Å². The van der Waals surface area contributed by atoms with Gasteiger partial charge in [-0.2, -0.15) is 0 Å². The zero-order valence-electron chi connectivity index (χ0n) is 9.44. The Bertz CT molecular complexity index is 279. The molecule has 2 atom stereocenters. The highest BCUT2D eigenvalue weighted by Crippen LogP contribution is 2.21. The van der Waals surface area contributed by atoms with Gasteiger partial charge in [0.25, 0.3) is 0 Å². The summed E-state index contributed by atoms with van der Waals surface area (Å²) in [5.74, 6) is 1.34. The van der Waals surface area contributed by atoms with Crippen LogP contribution in [-0.4, -0.2) is 14.8 Å².